The van der Waals surface area contributed by atoms with E-state index in [4.69, 9.17) is 0 Å². The molecule has 2 aromatic heterocycles. The highest BCUT2D eigenvalue weighted by molar-refractivity contribution is 5.86. The summed E-state index contributed by atoms with van der Waals surface area (Å²) >= 11 is 0. The summed E-state index contributed by atoms with van der Waals surface area (Å²) in [6.45, 7) is 2.60. The number of fused-ring (bicyclic) bond motifs is 1. The minimum Gasteiger partial charge on any atom is -0.368 e. The molecule has 1 aliphatic carbocycles. The summed E-state index contributed by atoms with van der Waals surface area (Å²) in [6.07, 6.45) is 3.22. The molecule has 1 saturated carbocycles. The minimum atomic E-state index is -0.838. The average Bonchev–Trinajstić information content (AvgIpc) is 3.34. The molecule has 7 nitrogen and oxygen atoms in total. The maximum atomic E-state index is 13.6. The first-order valence-corrected chi connectivity index (χ1v) is 9.28. The van der Waals surface area contributed by atoms with E-state index in [0.717, 1.165) is 12.8 Å². The molecule has 0 atom stereocenters. The lowest BCUT2D eigenvalue weighted by Crippen LogP contribution is -2.18. The fraction of sp³-hybridized carbons (Fsp3) is 0.350. The van der Waals surface area contributed by atoms with Gasteiger partial charge in [-0.1, -0.05) is 23.2 Å². The van der Waals surface area contributed by atoms with Gasteiger partial charge in [-0.05, 0) is 50.7 Å². The van der Waals surface area contributed by atoms with Gasteiger partial charge in [0.05, 0.1) is 0 Å². The van der Waals surface area contributed by atoms with Crippen molar-refractivity contribution >= 4 is 17.0 Å². The molecule has 0 aliphatic heterocycles. The molecule has 0 spiro atoms. The van der Waals surface area contributed by atoms with Gasteiger partial charge in [-0.3, -0.25) is 0 Å². The van der Waals surface area contributed by atoms with Gasteiger partial charge in [0.15, 0.2) is 17.0 Å². The summed E-state index contributed by atoms with van der Waals surface area (Å²) in [5.41, 5.74) is 0.822. The molecule has 0 amide bonds. The van der Waals surface area contributed by atoms with Crippen molar-refractivity contribution in [1.82, 2.24) is 19.9 Å². The van der Waals surface area contributed by atoms with Crippen LogP contribution in [-0.4, -0.2) is 32.0 Å². The Morgan fingerprint density at radius 3 is 2.82 bits per heavy atom. The maximum absolute atomic E-state index is 13.6. The molecule has 4 rings (SSSR count). The fourth-order valence-corrected chi connectivity index (χ4v) is 3.39. The molecule has 8 heteroatoms. The molecule has 3 aromatic rings. The van der Waals surface area contributed by atoms with Crippen molar-refractivity contribution in [2.24, 2.45) is 5.18 Å². The van der Waals surface area contributed by atoms with E-state index in [1.165, 1.54) is 12.1 Å². The number of imidazole rings is 1. The number of aromatic amines is 1. The van der Waals surface area contributed by atoms with Gasteiger partial charge in [-0.25, -0.2) is 14.4 Å². The predicted octanol–water partition coefficient (Wildman–Crippen LogP) is 4.02. The number of anilines is 1. The van der Waals surface area contributed by atoms with E-state index < -0.39 is 5.54 Å². The van der Waals surface area contributed by atoms with Crippen molar-refractivity contribution in [3.8, 4) is 23.2 Å². The van der Waals surface area contributed by atoms with Gasteiger partial charge in [-0.15, -0.1) is 4.91 Å². The first kappa shape index (κ1) is 18.0. The molecule has 2 heterocycles. The lowest BCUT2D eigenvalue weighted by molar-refractivity contribution is 0.570. The van der Waals surface area contributed by atoms with Crippen LogP contribution in [0.4, 0.5) is 10.2 Å². The quantitative estimate of drug-likeness (QED) is 0.528. The molecule has 142 valence electrons. The summed E-state index contributed by atoms with van der Waals surface area (Å²) in [5.74, 6) is 6.87. The Hall–Kier alpha value is -3.34. The molecule has 0 bridgehead atoms. The largest absolute Gasteiger partial charge is 0.368 e. The zero-order valence-corrected chi connectivity index (χ0v) is 15.4. The third-order valence-electron chi connectivity index (χ3n) is 4.81. The highest BCUT2D eigenvalue weighted by atomic mass is 19.1. The Bertz CT molecular complexity index is 1090. The van der Waals surface area contributed by atoms with Gasteiger partial charge in [0.25, 0.3) is 0 Å². The van der Waals surface area contributed by atoms with Crippen LogP contribution in [-0.2, 0) is 0 Å². The number of rotatable bonds is 4. The van der Waals surface area contributed by atoms with Crippen molar-refractivity contribution in [1.29, 1.82) is 0 Å². The van der Waals surface area contributed by atoms with Crippen molar-refractivity contribution in [2.75, 3.05) is 11.9 Å². The van der Waals surface area contributed by atoms with Gasteiger partial charge in [0, 0.05) is 12.1 Å². The smallest absolute Gasteiger partial charge is 0.209 e. The Kier molecular flexibility index (Phi) is 4.74. The molecule has 1 fully saturated rings. The van der Waals surface area contributed by atoms with Crippen molar-refractivity contribution in [2.45, 2.75) is 38.1 Å². The van der Waals surface area contributed by atoms with Crippen LogP contribution in [0.3, 0.4) is 0 Å². The van der Waals surface area contributed by atoms with Gasteiger partial charge in [0.2, 0.25) is 5.82 Å². The lowest BCUT2D eigenvalue weighted by atomic mass is 10.0. The van der Waals surface area contributed by atoms with E-state index >= 15 is 0 Å². The molecular formula is C20H19FN6O. The normalized spacial score (nSPS) is 15.2. The summed E-state index contributed by atoms with van der Waals surface area (Å²) < 4.78 is 13.6. The van der Waals surface area contributed by atoms with Crippen LogP contribution in [0.15, 0.2) is 29.4 Å². The number of nitrogens with one attached hydrogen (secondary N) is 2. The van der Waals surface area contributed by atoms with E-state index in [-0.39, 0.29) is 11.6 Å². The molecule has 1 aromatic carbocycles. The summed E-state index contributed by atoms with van der Waals surface area (Å²) in [6, 6.07) is 6.17. The Morgan fingerprint density at radius 1 is 1.29 bits per heavy atom. The van der Waals surface area contributed by atoms with Crippen molar-refractivity contribution in [3.05, 3.63) is 40.8 Å². The molecule has 0 radical (unpaired) electrons. The van der Waals surface area contributed by atoms with Gasteiger partial charge in [-0.2, -0.15) is 4.98 Å². The van der Waals surface area contributed by atoms with Gasteiger partial charge in [0.1, 0.15) is 17.2 Å². The Balaban J connectivity index is 1.78. The third-order valence-corrected chi connectivity index (χ3v) is 4.81. The molecular weight excluding hydrogens is 359 g/mol. The zero-order valence-electron chi connectivity index (χ0n) is 15.4. The molecule has 0 unspecified atom stereocenters. The van der Waals surface area contributed by atoms with Gasteiger partial charge >= 0.3 is 0 Å². The van der Waals surface area contributed by atoms with Crippen LogP contribution < -0.4 is 5.32 Å². The third kappa shape index (κ3) is 3.43. The van der Waals surface area contributed by atoms with E-state index in [0.29, 0.717) is 47.8 Å². The van der Waals surface area contributed by atoms with E-state index in [2.05, 4.69) is 42.3 Å². The predicted molar refractivity (Wildman–Crippen MR) is 105 cm³/mol. The SMILES string of the molecule is CCNc1nc(C#CC2(N=O)CCCC2)nc2nc(-c3cccc(F)c3)[nH]c12. The van der Waals surface area contributed by atoms with Crippen LogP contribution in [0.2, 0.25) is 0 Å². The maximum Gasteiger partial charge on any atom is 0.209 e. The summed E-state index contributed by atoms with van der Waals surface area (Å²) in [4.78, 5) is 27.8. The van der Waals surface area contributed by atoms with Gasteiger partial charge < -0.3 is 10.3 Å². The van der Waals surface area contributed by atoms with E-state index in [1.54, 1.807) is 12.1 Å². The summed E-state index contributed by atoms with van der Waals surface area (Å²) in [7, 11) is 0. The molecule has 2 N–H and O–H groups in total. The van der Waals surface area contributed by atoms with Crippen LogP contribution in [0, 0.1) is 22.6 Å². The molecule has 1 aliphatic rings. The van der Waals surface area contributed by atoms with Crippen LogP contribution in [0.5, 0.6) is 0 Å². The topological polar surface area (TPSA) is 95.9 Å². The monoisotopic (exact) mass is 378 g/mol. The second-order valence-corrected chi connectivity index (χ2v) is 6.80. The molecule has 28 heavy (non-hydrogen) atoms. The lowest BCUT2D eigenvalue weighted by Gasteiger charge is -2.10. The number of nitrogens with zero attached hydrogens (tertiary/aromatic N) is 4. The molecule has 0 saturated heterocycles. The minimum absolute atomic E-state index is 0.274. The number of hydrogen-bond donors (Lipinski definition) is 2. The van der Waals surface area contributed by atoms with Crippen LogP contribution in [0.1, 0.15) is 38.4 Å². The number of halogens is 1. The zero-order chi connectivity index (χ0) is 19.6. The second-order valence-electron chi connectivity index (χ2n) is 6.80. The number of benzene rings is 1. The Morgan fingerprint density at radius 2 is 2.11 bits per heavy atom. The summed E-state index contributed by atoms with van der Waals surface area (Å²) in [5, 5.41) is 6.42. The van der Waals surface area contributed by atoms with Crippen LogP contribution in [0.25, 0.3) is 22.6 Å². The second kappa shape index (κ2) is 7.35. The first-order chi connectivity index (χ1) is 13.6. The standard InChI is InChI=1S/C20H19FN6O/c1-2-22-18-16-19(26-17(25-16)13-6-5-7-14(21)12-13)24-15(23-18)8-11-20(27-28)9-3-4-10-20/h5-7,12H,2-4,9-10H2,1H3,(H2,22,23,24,25,26). The van der Waals surface area contributed by atoms with Crippen LogP contribution >= 0.6 is 0 Å². The number of aromatic nitrogens is 4. The van der Waals surface area contributed by atoms with E-state index in [1.807, 2.05) is 6.92 Å². The average molecular weight is 378 g/mol. The number of hydrogen-bond acceptors (Lipinski definition) is 6. The highest BCUT2D eigenvalue weighted by Gasteiger charge is 2.33. The van der Waals surface area contributed by atoms with Crippen molar-refractivity contribution in [3.63, 3.8) is 0 Å². The number of H-pyrrole nitrogens is 1. The fourth-order valence-electron chi connectivity index (χ4n) is 3.39. The van der Waals surface area contributed by atoms with E-state index in [9.17, 15) is 9.30 Å². The Labute approximate surface area is 161 Å². The first-order valence-electron chi connectivity index (χ1n) is 9.28. The highest BCUT2D eigenvalue weighted by Crippen LogP contribution is 2.32. The number of nitroso groups, excluding NO2 is 1. The van der Waals surface area contributed by atoms with Crippen molar-refractivity contribution < 1.29 is 4.39 Å².